The molecule has 10 heteroatoms. The third kappa shape index (κ3) is 8.62. The van der Waals surface area contributed by atoms with E-state index in [2.05, 4.69) is 5.32 Å². The van der Waals surface area contributed by atoms with E-state index in [9.17, 15) is 18.0 Å². The van der Waals surface area contributed by atoms with Crippen LogP contribution >= 0.6 is 23.2 Å². The zero-order valence-electron chi connectivity index (χ0n) is 22.3. The molecule has 7 nitrogen and oxygen atoms in total. The van der Waals surface area contributed by atoms with Crippen LogP contribution in [0, 0.1) is 13.8 Å². The van der Waals surface area contributed by atoms with Gasteiger partial charge in [0.1, 0.15) is 6.04 Å². The summed E-state index contributed by atoms with van der Waals surface area (Å²) in [7, 11) is -3.57. The normalized spacial score (nSPS) is 13.1. The van der Waals surface area contributed by atoms with Crippen LogP contribution in [0.1, 0.15) is 56.7 Å². The molecule has 37 heavy (non-hydrogen) atoms. The highest BCUT2D eigenvalue weighted by molar-refractivity contribution is 7.92. The first-order valence-corrected chi connectivity index (χ1v) is 14.9. The van der Waals surface area contributed by atoms with Crippen molar-refractivity contribution in [1.82, 2.24) is 10.2 Å². The van der Waals surface area contributed by atoms with Crippen molar-refractivity contribution >= 4 is 50.7 Å². The summed E-state index contributed by atoms with van der Waals surface area (Å²) < 4.78 is 26.5. The highest BCUT2D eigenvalue weighted by Crippen LogP contribution is 2.26. The van der Waals surface area contributed by atoms with Crippen LogP contribution in [0.25, 0.3) is 0 Å². The molecule has 1 N–H and O–H groups in total. The smallest absolute Gasteiger partial charge is 0.242 e. The Bertz CT molecular complexity index is 1220. The summed E-state index contributed by atoms with van der Waals surface area (Å²) in [6.07, 6.45) is 2.26. The first-order chi connectivity index (χ1) is 17.3. The highest BCUT2D eigenvalue weighted by Gasteiger charge is 2.28. The van der Waals surface area contributed by atoms with Crippen LogP contribution in [-0.4, -0.2) is 50.0 Å². The number of amides is 2. The standard InChI is InChI=1S/C27H37Cl2N3O4S/c1-7-19(3)30-27(34)21(5)31(17-22-13-14-23(28)16-24(22)29)26(33)12-9-15-32(37(6,35)36)25-11-8-10-18(2)20(25)4/h8,10-11,13-14,16,19,21H,7,9,12,15,17H2,1-6H3,(H,30,34)/t19-,21+/m0/s1. The zero-order chi connectivity index (χ0) is 27.9. The molecule has 0 unspecified atom stereocenters. The number of aryl methyl sites for hydroxylation is 1. The van der Waals surface area contributed by atoms with Crippen LogP contribution < -0.4 is 9.62 Å². The molecule has 0 radical (unpaired) electrons. The van der Waals surface area contributed by atoms with Crippen LogP contribution in [0.5, 0.6) is 0 Å². The Morgan fingerprint density at radius 3 is 2.35 bits per heavy atom. The van der Waals surface area contributed by atoms with E-state index in [0.29, 0.717) is 21.3 Å². The summed E-state index contributed by atoms with van der Waals surface area (Å²) in [6, 6.07) is 9.73. The molecule has 2 aromatic rings. The Hall–Kier alpha value is -2.29. The molecule has 2 atom stereocenters. The number of rotatable bonds is 12. The number of hydrogen-bond donors (Lipinski definition) is 1. The maximum atomic E-state index is 13.4. The molecule has 0 aliphatic rings. The fourth-order valence-corrected chi connectivity index (χ4v) is 5.35. The Morgan fingerprint density at radius 1 is 1.08 bits per heavy atom. The second-order valence-corrected chi connectivity index (χ2v) is 12.2. The van der Waals surface area contributed by atoms with E-state index in [4.69, 9.17) is 23.2 Å². The van der Waals surface area contributed by atoms with Crippen LogP contribution in [0.2, 0.25) is 10.0 Å². The molecule has 2 rings (SSSR count). The van der Waals surface area contributed by atoms with Crippen molar-refractivity contribution in [3.63, 3.8) is 0 Å². The number of nitrogens with one attached hydrogen (secondary N) is 1. The molecule has 204 valence electrons. The van der Waals surface area contributed by atoms with E-state index in [1.165, 1.54) is 9.21 Å². The molecule has 0 heterocycles. The summed E-state index contributed by atoms with van der Waals surface area (Å²) in [5.41, 5.74) is 3.11. The van der Waals surface area contributed by atoms with Gasteiger partial charge in [0.05, 0.1) is 11.9 Å². The number of hydrogen-bond acceptors (Lipinski definition) is 4. The highest BCUT2D eigenvalue weighted by atomic mass is 35.5. The van der Waals surface area contributed by atoms with Gasteiger partial charge in [-0.1, -0.05) is 48.3 Å². The number of nitrogens with zero attached hydrogens (tertiary/aromatic N) is 2. The molecule has 0 aromatic heterocycles. The molecule has 0 saturated heterocycles. The molecule has 0 fully saturated rings. The number of halogens is 2. The van der Waals surface area contributed by atoms with Gasteiger partial charge in [-0.2, -0.15) is 0 Å². The summed E-state index contributed by atoms with van der Waals surface area (Å²) in [4.78, 5) is 27.8. The summed E-state index contributed by atoms with van der Waals surface area (Å²) in [6.45, 7) is 9.61. The predicted molar refractivity (Wildman–Crippen MR) is 152 cm³/mol. The lowest BCUT2D eigenvalue weighted by molar-refractivity contribution is -0.140. The van der Waals surface area contributed by atoms with Crippen molar-refractivity contribution in [1.29, 1.82) is 0 Å². The van der Waals surface area contributed by atoms with E-state index in [-0.39, 0.29) is 43.8 Å². The minimum Gasteiger partial charge on any atom is -0.352 e. The van der Waals surface area contributed by atoms with Crippen molar-refractivity contribution in [2.24, 2.45) is 0 Å². The summed E-state index contributed by atoms with van der Waals surface area (Å²) in [5, 5.41) is 3.80. The fourth-order valence-electron chi connectivity index (χ4n) is 3.87. The van der Waals surface area contributed by atoms with Crippen LogP contribution in [0.15, 0.2) is 36.4 Å². The van der Waals surface area contributed by atoms with E-state index in [0.717, 1.165) is 23.8 Å². The lowest BCUT2D eigenvalue weighted by Crippen LogP contribution is -2.49. The predicted octanol–water partition coefficient (Wildman–Crippen LogP) is 5.49. The minimum absolute atomic E-state index is 0.0353. The van der Waals surface area contributed by atoms with Gasteiger partial charge in [0.15, 0.2) is 0 Å². The number of carbonyl (C=O) groups excluding carboxylic acids is 2. The van der Waals surface area contributed by atoms with Crippen molar-refractivity contribution in [2.45, 2.75) is 72.5 Å². The molecule has 2 amide bonds. The van der Waals surface area contributed by atoms with Gasteiger partial charge in [0.2, 0.25) is 21.8 Å². The van der Waals surface area contributed by atoms with Crippen molar-refractivity contribution < 1.29 is 18.0 Å². The molecular formula is C27H37Cl2N3O4S. The van der Waals surface area contributed by atoms with Crippen molar-refractivity contribution in [3.05, 3.63) is 63.1 Å². The van der Waals surface area contributed by atoms with Gasteiger partial charge in [0.25, 0.3) is 0 Å². The zero-order valence-corrected chi connectivity index (χ0v) is 24.7. The maximum absolute atomic E-state index is 13.4. The Morgan fingerprint density at radius 2 is 1.76 bits per heavy atom. The van der Waals surface area contributed by atoms with Crippen LogP contribution in [0.3, 0.4) is 0 Å². The van der Waals surface area contributed by atoms with Crippen LogP contribution in [-0.2, 0) is 26.2 Å². The molecule has 0 aliphatic heterocycles. The first kappa shape index (κ1) is 30.9. The number of benzene rings is 2. The average Bonchev–Trinajstić information content (AvgIpc) is 2.82. The number of anilines is 1. The minimum atomic E-state index is -3.57. The van der Waals surface area contributed by atoms with Gasteiger partial charge in [-0.15, -0.1) is 0 Å². The second-order valence-electron chi connectivity index (χ2n) is 9.41. The van der Waals surface area contributed by atoms with E-state index in [1.807, 2.05) is 39.8 Å². The summed E-state index contributed by atoms with van der Waals surface area (Å²) >= 11 is 12.4. The van der Waals surface area contributed by atoms with Crippen molar-refractivity contribution in [2.75, 3.05) is 17.1 Å². The third-order valence-corrected chi connectivity index (χ3v) is 8.29. The topological polar surface area (TPSA) is 86.8 Å². The largest absolute Gasteiger partial charge is 0.352 e. The lowest BCUT2D eigenvalue weighted by atomic mass is 10.1. The van der Waals surface area contributed by atoms with Gasteiger partial charge < -0.3 is 10.2 Å². The maximum Gasteiger partial charge on any atom is 0.242 e. The van der Waals surface area contributed by atoms with Gasteiger partial charge in [0, 0.05) is 35.6 Å². The van der Waals surface area contributed by atoms with E-state index in [1.54, 1.807) is 31.2 Å². The van der Waals surface area contributed by atoms with Crippen molar-refractivity contribution in [3.8, 4) is 0 Å². The number of sulfonamides is 1. The second kappa shape index (κ2) is 13.5. The van der Waals surface area contributed by atoms with Crippen LogP contribution in [0.4, 0.5) is 5.69 Å². The van der Waals surface area contributed by atoms with Gasteiger partial charge in [-0.3, -0.25) is 13.9 Å². The van der Waals surface area contributed by atoms with Gasteiger partial charge in [-0.25, -0.2) is 8.42 Å². The van der Waals surface area contributed by atoms with E-state index < -0.39 is 16.1 Å². The first-order valence-electron chi connectivity index (χ1n) is 12.3. The Labute approximate surface area is 231 Å². The van der Waals surface area contributed by atoms with E-state index >= 15 is 0 Å². The van der Waals surface area contributed by atoms with Gasteiger partial charge >= 0.3 is 0 Å². The lowest BCUT2D eigenvalue weighted by Gasteiger charge is -2.30. The molecule has 2 aromatic carbocycles. The molecule has 0 aliphatic carbocycles. The molecule has 0 bridgehead atoms. The Balaban J connectivity index is 2.25. The monoisotopic (exact) mass is 569 g/mol. The molecule has 0 saturated carbocycles. The number of carbonyl (C=O) groups is 2. The third-order valence-electron chi connectivity index (χ3n) is 6.52. The Kier molecular flexibility index (Phi) is 11.3. The van der Waals surface area contributed by atoms with Gasteiger partial charge in [-0.05, 0) is 75.4 Å². The summed E-state index contributed by atoms with van der Waals surface area (Å²) in [5.74, 6) is -0.534. The SMILES string of the molecule is CC[C@H](C)NC(=O)[C@@H](C)N(Cc1ccc(Cl)cc1Cl)C(=O)CCCN(c1cccc(C)c1C)S(C)(=O)=O. The molecule has 0 spiro atoms. The fraction of sp³-hybridized carbons (Fsp3) is 0.481. The average molecular weight is 571 g/mol. The molecular weight excluding hydrogens is 533 g/mol. The quantitative estimate of drug-likeness (QED) is 0.366.